The number of aromatic nitrogens is 3. The second-order valence-electron chi connectivity index (χ2n) is 5.37. The Kier molecular flexibility index (Phi) is 5.15. The predicted molar refractivity (Wildman–Crippen MR) is 85.9 cm³/mol. The molecule has 1 atom stereocenters. The van der Waals surface area contributed by atoms with Crippen LogP contribution in [0.3, 0.4) is 0 Å². The molecular weight excluding hydrogens is 302 g/mol. The van der Waals surface area contributed by atoms with Gasteiger partial charge in [-0.15, -0.1) is 12.4 Å². The van der Waals surface area contributed by atoms with Crippen molar-refractivity contribution in [2.75, 3.05) is 0 Å². The molecule has 0 fully saturated rings. The van der Waals surface area contributed by atoms with E-state index in [9.17, 15) is 4.79 Å². The second-order valence-corrected chi connectivity index (χ2v) is 5.37. The molecule has 1 unspecified atom stereocenters. The Bertz CT molecular complexity index is 652. The van der Waals surface area contributed by atoms with Gasteiger partial charge in [-0.1, -0.05) is 12.1 Å². The molecule has 1 aromatic carbocycles. The van der Waals surface area contributed by atoms with Crippen LogP contribution in [0.25, 0.3) is 0 Å². The average molecular weight is 322 g/mol. The molecule has 3 N–H and O–H groups in total. The van der Waals surface area contributed by atoms with E-state index in [-0.39, 0.29) is 24.4 Å². The fraction of sp³-hybridized carbons (Fsp3) is 0.400. The fourth-order valence-electron chi connectivity index (χ4n) is 2.61. The number of nitrogens with one attached hydrogen (secondary N) is 1. The number of hydrogen-bond acceptors (Lipinski definition) is 4. The van der Waals surface area contributed by atoms with Gasteiger partial charge in [0, 0.05) is 24.6 Å². The number of hydrogen-bond donors (Lipinski definition) is 2. The Morgan fingerprint density at radius 3 is 2.82 bits per heavy atom. The first-order valence-electron chi connectivity index (χ1n) is 7.16. The minimum absolute atomic E-state index is 0. The average Bonchev–Trinajstić information content (AvgIpc) is 2.86. The van der Waals surface area contributed by atoms with Gasteiger partial charge in [-0.25, -0.2) is 9.67 Å². The smallest absolute Gasteiger partial charge is 0.251 e. The second kappa shape index (κ2) is 6.89. The number of benzene rings is 1. The van der Waals surface area contributed by atoms with Crippen LogP contribution in [0.1, 0.15) is 34.0 Å². The molecule has 1 amide bonds. The summed E-state index contributed by atoms with van der Waals surface area (Å²) in [5.74, 6) is 1.74. The number of nitrogens with two attached hydrogens (primary N) is 1. The van der Waals surface area contributed by atoms with E-state index in [0.29, 0.717) is 18.7 Å². The molecule has 0 saturated heterocycles. The van der Waals surface area contributed by atoms with Crippen LogP contribution in [-0.4, -0.2) is 26.7 Å². The Morgan fingerprint density at radius 2 is 2.14 bits per heavy atom. The number of fused-ring (bicyclic) bond motifs is 1. The van der Waals surface area contributed by atoms with Gasteiger partial charge in [0.05, 0.1) is 6.54 Å². The van der Waals surface area contributed by atoms with E-state index in [1.54, 1.807) is 0 Å². The highest BCUT2D eigenvalue weighted by molar-refractivity contribution is 5.94. The third-order valence-electron chi connectivity index (χ3n) is 3.75. The molecule has 118 valence electrons. The van der Waals surface area contributed by atoms with Crippen molar-refractivity contribution in [3.05, 3.63) is 47.0 Å². The maximum Gasteiger partial charge on any atom is 0.251 e. The van der Waals surface area contributed by atoms with Gasteiger partial charge in [0.1, 0.15) is 11.6 Å². The Hall–Kier alpha value is -1.92. The highest BCUT2D eigenvalue weighted by atomic mass is 35.5. The summed E-state index contributed by atoms with van der Waals surface area (Å²) in [7, 11) is 0. The van der Waals surface area contributed by atoms with Crippen molar-refractivity contribution in [3.8, 4) is 0 Å². The van der Waals surface area contributed by atoms with E-state index >= 15 is 0 Å². The molecule has 0 bridgehead atoms. The Morgan fingerprint density at radius 1 is 1.41 bits per heavy atom. The van der Waals surface area contributed by atoms with Crippen molar-refractivity contribution in [1.29, 1.82) is 0 Å². The van der Waals surface area contributed by atoms with E-state index in [4.69, 9.17) is 5.73 Å². The molecule has 0 saturated carbocycles. The summed E-state index contributed by atoms with van der Waals surface area (Å²) in [6, 6.07) is 7.49. The van der Waals surface area contributed by atoms with Crippen LogP contribution in [0.5, 0.6) is 0 Å². The molecular formula is C15H20ClN5O. The van der Waals surface area contributed by atoms with Crippen molar-refractivity contribution in [2.24, 2.45) is 5.73 Å². The van der Waals surface area contributed by atoms with Crippen molar-refractivity contribution in [2.45, 2.75) is 38.9 Å². The van der Waals surface area contributed by atoms with Crippen molar-refractivity contribution >= 4 is 18.3 Å². The lowest BCUT2D eigenvalue weighted by Crippen LogP contribution is -2.41. The normalized spacial score (nSPS) is 16.5. The number of nitrogens with zero attached hydrogens (tertiary/aromatic N) is 3. The lowest BCUT2D eigenvalue weighted by Gasteiger charge is -2.23. The van der Waals surface area contributed by atoms with Gasteiger partial charge < -0.3 is 11.1 Å². The molecule has 3 rings (SSSR count). The minimum Gasteiger partial charge on any atom is -0.347 e. The molecule has 7 heteroatoms. The van der Waals surface area contributed by atoms with Gasteiger partial charge in [0.2, 0.25) is 0 Å². The SMILES string of the molecule is Cc1nc2n(n1)CC(NC(=O)c1ccc(CN)cc1)CC2.Cl. The first-order chi connectivity index (χ1) is 10.2. The molecule has 0 radical (unpaired) electrons. The summed E-state index contributed by atoms with van der Waals surface area (Å²) >= 11 is 0. The molecule has 1 aliphatic heterocycles. The number of carbonyl (C=O) groups is 1. The zero-order valence-corrected chi connectivity index (χ0v) is 13.3. The van der Waals surface area contributed by atoms with Gasteiger partial charge in [-0.3, -0.25) is 4.79 Å². The number of carbonyl (C=O) groups excluding carboxylic acids is 1. The molecule has 22 heavy (non-hydrogen) atoms. The zero-order valence-electron chi connectivity index (χ0n) is 12.5. The monoisotopic (exact) mass is 321 g/mol. The number of amides is 1. The Balaban J connectivity index is 0.00000176. The lowest BCUT2D eigenvalue weighted by atomic mass is 10.1. The standard InChI is InChI=1S/C15H19N5O.ClH/c1-10-17-14-7-6-13(9-20(14)19-10)18-15(21)12-4-2-11(8-16)3-5-12;/h2-5,13H,6-9,16H2,1H3,(H,18,21);1H. The van der Waals surface area contributed by atoms with E-state index in [1.165, 1.54) is 0 Å². The highest BCUT2D eigenvalue weighted by Crippen LogP contribution is 2.13. The molecule has 0 spiro atoms. The maximum absolute atomic E-state index is 12.2. The summed E-state index contributed by atoms with van der Waals surface area (Å²) in [4.78, 5) is 16.6. The molecule has 1 aromatic heterocycles. The molecule has 6 nitrogen and oxygen atoms in total. The number of aryl methyl sites for hydroxylation is 2. The van der Waals surface area contributed by atoms with Crippen LogP contribution in [-0.2, 0) is 19.5 Å². The quantitative estimate of drug-likeness (QED) is 0.889. The summed E-state index contributed by atoms with van der Waals surface area (Å²) in [5, 5.41) is 7.41. The van der Waals surface area contributed by atoms with Crippen molar-refractivity contribution < 1.29 is 4.79 Å². The van der Waals surface area contributed by atoms with Crippen LogP contribution in [0.15, 0.2) is 24.3 Å². The maximum atomic E-state index is 12.2. The zero-order chi connectivity index (χ0) is 14.8. The van der Waals surface area contributed by atoms with Crippen LogP contribution >= 0.6 is 12.4 Å². The molecule has 1 aliphatic rings. The topological polar surface area (TPSA) is 85.8 Å². The van der Waals surface area contributed by atoms with Gasteiger partial charge in [-0.2, -0.15) is 5.10 Å². The van der Waals surface area contributed by atoms with Gasteiger partial charge in [0.25, 0.3) is 5.91 Å². The van der Waals surface area contributed by atoms with Crippen molar-refractivity contribution in [3.63, 3.8) is 0 Å². The molecule has 0 aliphatic carbocycles. The largest absolute Gasteiger partial charge is 0.347 e. The first-order valence-corrected chi connectivity index (χ1v) is 7.16. The highest BCUT2D eigenvalue weighted by Gasteiger charge is 2.22. The summed E-state index contributed by atoms with van der Waals surface area (Å²) in [6.45, 7) is 3.06. The lowest BCUT2D eigenvalue weighted by molar-refractivity contribution is 0.0926. The van der Waals surface area contributed by atoms with Gasteiger partial charge in [0.15, 0.2) is 0 Å². The third kappa shape index (κ3) is 3.45. The van der Waals surface area contributed by atoms with E-state index in [1.807, 2.05) is 35.9 Å². The molecule has 2 heterocycles. The predicted octanol–water partition coefficient (Wildman–Crippen LogP) is 1.21. The summed E-state index contributed by atoms with van der Waals surface area (Å²) in [5.41, 5.74) is 7.24. The third-order valence-corrected chi connectivity index (χ3v) is 3.75. The van der Waals surface area contributed by atoms with Crippen LogP contribution in [0.2, 0.25) is 0 Å². The van der Waals surface area contributed by atoms with Gasteiger partial charge >= 0.3 is 0 Å². The minimum atomic E-state index is -0.0520. The fourth-order valence-corrected chi connectivity index (χ4v) is 2.61. The summed E-state index contributed by atoms with van der Waals surface area (Å²) < 4.78 is 1.89. The van der Waals surface area contributed by atoms with Gasteiger partial charge in [-0.05, 0) is 31.0 Å². The van der Waals surface area contributed by atoms with Crippen LogP contribution in [0, 0.1) is 6.92 Å². The number of halogens is 1. The van der Waals surface area contributed by atoms with E-state index < -0.39 is 0 Å². The van der Waals surface area contributed by atoms with Crippen LogP contribution in [0.4, 0.5) is 0 Å². The van der Waals surface area contributed by atoms with Crippen LogP contribution < -0.4 is 11.1 Å². The van der Waals surface area contributed by atoms with E-state index in [2.05, 4.69) is 15.4 Å². The van der Waals surface area contributed by atoms with E-state index in [0.717, 1.165) is 30.1 Å². The molecule has 2 aromatic rings. The Labute approximate surface area is 135 Å². The summed E-state index contributed by atoms with van der Waals surface area (Å²) in [6.07, 6.45) is 1.74. The first kappa shape index (κ1) is 16.5. The van der Waals surface area contributed by atoms with Crippen molar-refractivity contribution in [1.82, 2.24) is 20.1 Å². The number of rotatable bonds is 3.